The summed E-state index contributed by atoms with van der Waals surface area (Å²) in [6.07, 6.45) is 4.70. The Morgan fingerprint density at radius 1 is 1.07 bits per heavy atom. The van der Waals surface area contributed by atoms with E-state index in [2.05, 4.69) is 32.8 Å². The van der Waals surface area contributed by atoms with E-state index < -0.39 is 0 Å². The van der Waals surface area contributed by atoms with E-state index in [0.29, 0.717) is 12.4 Å². The number of carbonyl (C=O) groups is 1. The first-order valence-corrected chi connectivity index (χ1v) is 9.82. The summed E-state index contributed by atoms with van der Waals surface area (Å²) < 4.78 is 5.60. The molecule has 146 valence electrons. The standard InChI is InChI=1S/C22H21N5O2/c28-22(29-14-15-6-2-1-3-7-15)27-17-10-11-18(27)13-16(12-17)19-8-4-5-9-20(19)21-23-25-26-24-21/h1-9,12,17-18H,10-11,13-14H2,(H,23,24,25,26). The highest BCUT2D eigenvalue weighted by Gasteiger charge is 2.41. The van der Waals surface area contributed by atoms with Gasteiger partial charge in [0, 0.05) is 11.6 Å². The maximum Gasteiger partial charge on any atom is 0.410 e. The number of fused-ring (bicyclic) bond motifs is 2. The van der Waals surface area contributed by atoms with Crippen molar-refractivity contribution in [3.63, 3.8) is 0 Å². The molecule has 1 saturated heterocycles. The molecule has 1 aromatic heterocycles. The van der Waals surface area contributed by atoms with Crippen molar-refractivity contribution in [3.05, 3.63) is 71.8 Å². The number of amides is 1. The van der Waals surface area contributed by atoms with Crippen LogP contribution in [-0.4, -0.2) is 43.7 Å². The summed E-state index contributed by atoms with van der Waals surface area (Å²) in [7, 11) is 0. The maximum atomic E-state index is 12.8. The van der Waals surface area contributed by atoms with Crippen molar-refractivity contribution >= 4 is 11.7 Å². The molecule has 0 spiro atoms. The quantitative estimate of drug-likeness (QED) is 0.736. The maximum absolute atomic E-state index is 12.8. The highest BCUT2D eigenvalue weighted by molar-refractivity contribution is 5.81. The van der Waals surface area contributed by atoms with E-state index in [1.54, 1.807) is 0 Å². The predicted octanol–water partition coefficient (Wildman–Crippen LogP) is 3.82. The fourth-order valence-electron chi connectivity index (χ4n) is 4.34. The minimum atomic E-state index is -0.233. The molecule has 7 nitrogen and oxygen atoms in total. The van der Waals surface area contributed by atoms with Gasteiger partial charge in [0.2, 0.25) is 5.82 Å². The first-order chi connectivity index (χ1) is 14.3. The highest BCUT2D eigenvalue weighted by Crippen LogP contribution is 2.41. The molecule has 29 heavy (non-hydrogen) atoms. The van der Waals surface area contributed by atoms with Gasteiger partial charge in [-0.05, 0) is 41.2 Å². The predicted molar refractivity (Wildman–Crippen MR) is 107 cm³/mol. The molecule has 0 aliphatic carbocycles. The minimum Gasteiger partial charge on any atom is -0.445 e. The number of tetrazole rings is 1. The van der Waals surface area contributed by atoms with Gasteiger partial charge in [0.05, 0.1) is 6.04 Å². The molecule has 2 aliphatic heterocycles. The van der Waals surface area contributed by atoms with Gasteiger partial charge in [-0.1, -0.05) is 60.7 Å². The van der Waals surface area contributed by atoms with Crippen molar-refractivity contribution in [2.45, 2.75) is 38.0 Å². The second-order valence-corrected chi connectivity index (χ2v) is 7.42. The third kappa shape index (κ3) is 3.40. The van der Waals surface area contributed by atoms with Crippen LogP contribution in [0.5, 0.6) is 0 Å². The lowest BCUT2D eigenvalue weighted by atomic mass is 9.91. The van der Waals surface area contributed by atoms with Crippen molar-refractivity contribution in [1.82, 2.24) is 25.5 Å². The van der Waals surface area contributed by atoms with Crippen LogP contribution in [0.1, 0.15) is 30.4 Å². The van der Waals surface area contributed by atoms with Crippen molar-refractivity contribution in [2.24, 2.45) is 0 Å². The largest absolute Gasteiger partial charge is 0.445 e. The Hall–Kier alpha value is -3.48. The van der Waals surface area contributed by atoms with Crippen LogP contribution in [-0.2, 0) is 11.3 Å². The third-order valence-electron chi connectivity index (χ3n) is 5.67. The molecule has 2 aliphatic rings. The van der Waals surface area contributed by atoms with Crippen LogP contribution in [0.2, 0.25) is 0 Å². The SMILES string of the molecule is O=C(OCc1ccccc1)N1C2C=C(c3ccccc3-c3nn[nH]n3)CC1CC2. The van der Waals surface area contributed by atoms with E-state index in [9.17, 15) is 4.79 Å². The number of H-pyrrole nitrogens is 1. The number of aromatic nitrogens is 4. The Kier molecular flexibility index (Phi) is 4.56. The van der Waals surface area contributed by atoms with Gasteiger partial charge in [0.15, 0.2) is 0 Å². The van der Waals surface area contributed by atoms with Gasteiger partial charge >= 0.3 is 6.09 Å². The van der Waals surface area contributed by atoms with Crippen LogP contribution in [0.25, 0.3) is 17.0 Å². The number of carbonyl (C=O) groups excluding carboxylic acids is 1. The number of nitrogens with one attached hydrogen (secondary N) is 1. The summed E-state index contributed by atoms with van der Waals surface area (Å²) in [6, 6.07) is 18.1. The van der Waals surface area contributed by atoms with Crippen LogP contribution in [0.3, 0.4) is 0 Å². The number of hydrogen-bond donors (Lipinski definition) is 1. The van der Waals surface area contributed by atoms with Gasteiger partial charge in [-0.3, -0.25) is 4.90 Å². The molecule has 0 saturated carbocycles. The van der Waals surface area contributed by atoms with Crippen LogP contribution >= 0.6 is 0 Å². The van der Waals surface area contributed by atoms with Crippen LogP contribution < -0.4 is 0 Å². The van der Waals surface area contributed by atoms with Crippen LogP contribution in [0.15, 0.2) is 60.7 Å². The van der Waals surface area contributed by atoms with Crippen molar-refractivity contribution in [3.8, 4) is 11.4 Å². The zero-order valence-corrected chi connectivity index (χ0v) is 15.9. The fraction of sp³-hybridized carbons (Fsp3) is 0.273. The van der Waals surface area contributed by atoms with Gasteiger partial charge in [0.25, 0.3) is 0 Å². The van der Waals surface area contributed by atoms with Crippen molar-refractivity contribution in [1.29, 1.82) is 0 Å². The molecule has 2 unspecified atom stereocenters. The molecule has 7 heteroatoms. The molecular formula is C22H21N5O2. The van der Waals surface area contributed by atoms with E-state index >= 15 is 0 Å². The normalized spacial score (nSPS) is 20.4. The Balaban J connectivity index is 1.36. The Morgan fingerprint density at radius 3 is 2.62 bits per heavy atom. The average Bonchev–Trinajstić information content (AvgIpc) is 3.39. The van der Waals surface area contributed by atoms with Gasteiger partial charge in [-0.25, -0.2) is 4.79 Å². The van der Waals surface area contributed by atoms with Crippen LogP contribution in [0, 0.1) is 0 Å². The number of rotatable bonds is 4. The Labute approximate surface area is 168 Å². The van der Waals surface area contributed by atoms with E-state index in [1.807, 2.05) is 53.4 Å². The first-order valence-electron chi connectivity index (χ1n) is 9.82. The third-order valence-corrected chi connectivity index (χ3v) is 5.67. The summed E-state index contributed by atoms with van der Waals surface area (Å²) >= 11 is 0. The molecule has 1 amide bonds. The molecule has 5 rings (SSSR count). The zero-order valence-electron chi connectivity index (χ0n) is 15.9. The van der Waals surface area contributed by atoms with Gasteiger partial charge in [0.1, 0.15) is 6.61 Å². The lowest BCUT2D eigenvalue weighted by Gasteiger charge is -2.33. The van der Waals surface area contributed by atoms with E-state index in [4.69, 9.17) is 4.74 Å². The minimum absolute atomic E-state index is 0.0605. The topological polar surface area (TPSA) is 84.0 Å². The second kappa shape index (κ2) is 7.50. The second-order valence-electron chi connectivity index (χ2n) is 7.42. The van der Waals surface area contributed by atoms with E-state index in [0.717, 1.165) is 36.0 Å². The summed E-state index contributed by atoms with van der Waals surface area (Å²) in [5.41, 5.74) is 4.27. The highest BCUT2D eigenvalue weighted by atomic mass is 16.6. The molecule has 1 N–H and O–H groups in total. The average molecular weight is 387 g/mol. The molecule has 3 aromatic rings. The van der Waals surface area contributed by atoms with Gasteiger partial charge < -0.3 is 4.74 Å². The van der Waals surface area contributed by atoms with Gasteiger partial charge in [-0.2, -0.15) is 5.21 Å². The Morgan fingerprint density at radius 2 is 1.86 bits per heavy atom. The summed E-state index contributed by atoms with van der Waals surface area (Å²) in [4.78, 5) is 14.7. The van der Waals surface area contributed by atoms with E-state index in [1.165, 1.54) is 5.57 Å². The molecular weight excluding hydrogens is 366 g/mol. The molecule has 2 aromatic carbocycles. The summed E-state index contributed by atoms with van der Waals surface area (Å²) in [5.74, 6) is 0.582. The number of nitrogens with zero attached hydrogens (tertiary/aromatic N) is 4. The monoisotopic (exact) mass is 387 g/mol. The lowest BCUT2D eigenvalue weighted by molar-refractivity contribution is 0.0832. The molecule has 2 bridgehead atoms. The molecule has 1 fully saturated rings. The van der Waals surface area contributed by atoms with Crippen molar-refractivity contribution < 1.29 is 9.53 Å². The smallest absolute Gasteiger partial charge is 0.410 e. The summed E-state index contributed by atoms with van der Waals surface area (Å²) in [5, 5.41) is 14.5. The molecule has 0 radical (unpaired) electrons. The van der Waals surface area contributed by atoms with Gasteiger partial charge in [-0.15, -0.1) is 10.2 Å². The Bertz CT molecular complexity index is 1030. The van der Waals surface area contributed by atoms with E-state index in [-0.39, 0.29) is 18.2 Å². The number of aromatic amines is 1. The molecule has 2 atom stereocenters. The number of ether oxygens (including phenoxy) is 1. The number of hydrogen-bond acceptors (Lipinski definition) is 5. The zero-order chi connectivity index (χ0) is 19.6. The first kappa shape index (κ1) is 17.6. The number of benzene rings is 2. The summed E-state index contributed by atoms with van der Waals surface area (Å²) in [6.45, 7) is 0.298. The van der Waals surface area contributed by atoms with Crippen molar-refractivity contribution in [2.75, 3.05) is 0 Å². The molecule has 3 heterocycles. The fourth-order valence-corrected chi connectivity index (χ4v) is 4.34. The van der Waals surface area contributed by atoms with Crippen LogP contribution in [0.4, 0.5) is 4.79 Å². The lowest BCUT2D eigenvalue weighted by Crippen LogP contribution is -2.43.